The summed E-state index contributed by atoms with van der Waals surface area (Å²) >= 11 is 0. The number of fused-ring (bicyclic) bond motifs is 1. The molecule has 1 heterocycles. The van der Waals surface area contributed by atoms with Gasteiger partial charge in [0.1, 0.15) is 5.82 Å². The van der Waals surface area contributed by atoms with Crippen LogP contribution in [0.15, 0.2) is 42.6 Å². The highest BCUT2D eigenvalue weighted by molar-refractivity contribution is 5.74. The molecule has 0 saturated heterocycles. The normalized spacial score (nSPS) is 18.5. The molecule has 6 heteroatoms. The van der Waals surface area contributed by atoms with E-state index in [2.05, 4.69) is 20.9 Å². The molecule has 0 radical (unpaired) electrons. The third kappa shape index (κ3) is 4.48. The molecule has 2 atom stereocenters. The lowest BCUT2D eigenvalue weighted by atomic mass is 10.1. The lowest BCUT2D eigenvalue weighted by molar-refractivity contribution is 0.142. The van der Waals surface area contributed by atoms with Crippen molar-refractivity contribution < 1.29 is 9.90 Å². The van der Waals surface area contributed by atoms with Gasteiger partial charge >= 0.3 is 6.03 Å². The van der Waals surface area contributed by atoms with Crippen molar-refractivity contribution in [1.29, 1.82) is 0 Å². The Labute approximate surface area is 147 Å². The molecule has 0 unspecified atom stereocenters. The van der Waals surface area contributed by atoms with E-state index in [-0.39, 0.29) is 12.1 Å². The minimum Gasteiger partial charge on any atom is -0.390 e. The molecule has 132 valence electrons. The number of carbonyl (C=O) groups excluding carboxylic acids is 1. The number of aryl methyl sites for hydroxylation is 1. The second-order valence-corrected chi connectivity index (χ2v) is 6.35. The van der Waals surface area contributed by atoms with Gasteiger partial charge in [-0.1, -0.05) is 30.3 Å². The van der Waals surface area contributed by atoms with Crippen molar-refractivity contribution >= 4 is 11.8 Å². The third-order valence-corrected chi connectivity index (χ3v) is 4.35. The maximum atomic E-state index is 12.1. The lowest BCUT2D eigenvalue weighted by Crippen LogP contribution is -2.41. The number of aliphatic hydroxyl groups is 1. The molecule has 6 nitrogen and oxygen atoms in total. The van der Waals surface area contributed by atoms with Crippen molar-refractivity contribution in [2.45, 2.75) is 31.9 Å². The molecule has 0 fully saturated rings. The van der Waals surface area contributed by atoms with E-state index in [1.54, 1.807) is 0 Å². The van der Waals surface area contributed by atoms with E-state index in [1.807, 2.05) is 49.5 Å². The summed E-state index contributed by atoms with van der Waals surface area (Å²) in [4.78, 5) is 16.3. The van der Waals surface area contributed by atoms with Gasteiger partial charge in [0.2, 0.25) is 0 Å². The highest BCUT2D eigenvalue weighted by atomic mass is 16.3. The maximum Gasteiger partial charge on any atom is 0.315 e. The number of amides is 2. The van der Waals surface area contributed by atoms with E-state index in [4.69, 9.17) is 0 Å². The van der Waals surface area contributed by atoms with Gasteiger partial charge in [-0.15, -0.1) is 0 Å². The number of nitrogens with zero attached hydrogens (tertiary/aromatic N) is 1. The van der Waals surface area contributed by atoms with Gasteiger partial charge in [-0.05, 0) is 36.1 Å². The molecular formula is C19H24N4O2. The fraction of sp³-hybridized carbons (Fsp3) is 0.368. The maximum absolute atomic E-state index is 12.1. The third-order valence-electron chi connectivity index (χ3n) is 4.35. The van der Waals surface area contributed by atoms with Crippen LogP contribution in [0.25, 0.3) is 0 Å². The molecule has 3 rings (SSSR count). The fourth-order valence-electron chi connectivity index (χ4n) is 3.02. The Morgan fingerprint density at radius 2 is 2.08 bits per heavy atom. The summed E-state index contributed by atoms with van der Waals surface area (Å²) in [5.41, 5.74) is 3.21. The van der Waals surface area contributed by atoms with Crippen LogP contribution in [-0.2, 0) is 6.42 Å². The van der Waals surface area contributed by atoms with Gasteiger partial charge in [0, 0.05) is 25.7 Å². The Morgan fingerprint density at radius 1 is 1.24 bits per heavy atom. The quantitative estimate of drug-likeness (QED) is 0.607. The summed E-state index contributed by atoms with van der Waals surface area (Å²) in [6.07, 6.45) is 2.61. The highest BCUT2D eigenvalue weighted by Crippen LogP contribution is 2.30. The van der Waals surface area contributed by atoms with Crippen LogP contribution in [-0.4, -0.2) is 35.3 Å². The monoisotopic (exact) mass is 340 g/mol. The number of aliphatic hydroxyl groups excluding tert-OH is 1. The van der Waals surface area contributed by atoms with Gasteiger partial charge in [0.15, 0.2) is 0 Å². The van der Waals surface area contributed by atoms with E-state index >= 15 is 0 Å². The van der Waals surface area contributed by atoms with Gasteiger partial charge < -0.3 is 21.1 Å². The number of hydrogen-bond acceptors (Lipinski definition) is 4. The minimum absolute atomic E-state index is 0.255. The molecule has 1 aromatic carbocycles. The smallest absolute Gasteiger partial charge is 0.315 e. The SMILES string of the molecule is Cc1ccc(NCCCNC(=O)N[C@@H]2c3ccccc3C[C@@H]2O)nc1. The molecule has 0 aliphatic heterocycles. The van der Waals surface area contributed by atoms with Gasteiger partial charge in [0.05, 0.1) is 12.1 Å². The Kier molecular flexibility index (Phi) is 5.50. The molecule has 4 N–H and O–H groups in total. The number of anilines is 1. The number of benzene rings is 1. The van der Waals surface area contributed by atoms with Crippen LogP contribution < -0.4 is 16.0 Å². The fourth-order valence-corrected chi connectivity index (χ4v) is 3.02. The Hall–Kier alpha value is -2.60. The number of pyridine rings is 1. The Morgan fingerprint density at radius 3 is 2.88 bits per heavy atom. The standard InChI is InChI=1S/C19H24N4O2/c1-13-7-8-17(22-12-13)20-9-4-10-21-19(25)23-18-15-6-3-2-5-14(15)11-16(18)24/h2-3,5-8,12,16,18,24H,4,9-11H2,1H3,(H,20,22)(H2,21,23,25)/t16-,18+/m0/s1. The number of hydrogen-bond donors (Lipinski definition) is 4. The van der Waals surface area contributed by atoms with Crippen LogP contribution in [0.2, 0.25) is 0 Å². The van der Waals surface area contributed by atoms with Gasteiger partial charge in [-0.25, -0.2) is 9.78 Å². The largest absolute Gasteiger partial charge is 0.390 e. The summed E-state index contributed by atoms with van der Waals surface area (Å²) < 4.78 is 0. The molecule has 1 aliphatic rings. The molecule has 0 saturated carbocycles. The molecule has 1 aliphatic carbocycles. The predicted molar refractivity (Wildman–Crippen MR) is 97.5 cm³/mol. The number of rotatable bonds is 6. The van der Waals surface area contributed by atoms with Crippen LogP contribution in [0.3, 0.4) is 0 Å². The molecule has 0 bridgehead atoms. The number of urea groups is 1. The van der Waals surface area contributed by atoms with E-state index in [1.165, 1.54) is 0 Å². The zero-order valence-electron chi connectivity index (χ0n) is 14.3. The second kappa shape index (κ2) is 7.98. The van der Waals surface area contributed by atoms with Crippen molar-refractivity contribution in [3.63, 3.8) is 0 Å². The molecular weight excluding hydrogens is 316 g/mol. The average molecular weight is 340 g/mol. The zero-order valence-corrected chi connectivity index (χ0v) is 14.3. The van der Waals surface area contributed by atoms with Crippen LogP contribution in [0, 0.1) is 6.92 Å². The van der Waals surface area contributed by atoms with Crippen molar-refractivity contribution in [2.24, 2.45) is 0 Å². The summed E-state index contributed by atoms with van der Waals surface area (Å²) in [6.45, 7) is 3.28. The lowest BCUT2D eigenvalue weighted by Gasteiger charge is -2.18. The number of carbonyl (C=O) groups is 1. The van der Waals surface area contributed by atoms with E-state index in [0.717, 1.165) is 35.5 Å². The Bertz CT molecular complexity index is 718. The first-order chi connectivity index (χ1) is 12.1. The van der Waals surface area contributed by atoms with Crippen molar-refractivity contribution in [2.75, 3.05) is 18.4 Å². The average Bonchev–Trinajstić information content (AvgIpc) is 2.92. The molecule has 25 heavy (non-hydrogen) atoms. The zero-order chi connectivity index (χ0) is 17.6. The summed E-state index contributed by atoms with van der Waals surface area (Å²) in [6, 6.07) is 11.2. The topological polar surface area (TPSA) is 86.3 Å². The minimum atomic E-state index is -0.572. The van der Waals surface area contributed by atoms with Crippen molar-refractivity contribution in [1.82, 2.24) is 15.6 Å². The first-order valence-corrected chi connectivity index (χ1v) is 8.60. The van der Waals surface area contributed by atoms with Gasteiger partial charge in [-0.2, -0.15) is 0 Å². The van der Waals surface area contributed by atoms with Crippen molar-refractivity contribution in [3.8, 4) is 0 Å². The van der Waals surface area contributed by atoms with E-state index in [0.29, 0.717) is 13.0 Å². The first-order valence-electron chi connectivity index (χ1n) is 8.60. The van der Waals surface area contributed by atoms with Crippen LogP contribution in [0.4, 0.5) is 10.6 Å². The highest BCUT2D eigenvalue weighted by Gasteiger charge is 2.31. The summed E-state index contributed by atoms with van der Waals surface area (Å²) in [5.74, 6) is 0.834. The van der Waals surface area contributed by atoms with E-state index < -0.39 is 6.10 Å². The molecule has 2 aromatic rings. The first kappa shape index (κ1) is 17.2. The molecule has 0 spiro atoms. The predicted octanol–water partition coefficient (Wildman–Crippen LogP) is 2.15. The number of nitrogens with one attached hydrogen (secondary N) is 3. The summed E-state index contributed by atoms with van der Waals surface area (Å²) in [5, 5.41) is 19.1. The van der Waals surface area contributed by atoms with Crippen molar-refractivity contribution in [3.05, 3.63) is 59.3 Å². The Balaban J connectivity index is 1.38. The molecule has 1 aromatic heterocycles. The van der Waals surface area contributed by atoms with Crippen LogP contribution >= 0.6 is 0 Å². The second-order valence-electron chi connectivity index (χ2n) is 6.35. The molecule has 2 amide bonds. The summed E-state index contributed by atoms with van der Waals surface area (Å²) in [7, 11) is 0. The van der Waals surface area contributed by atoms with Crippen LogP contribution in [0.5, 0.6) is 0 Å². The van der Waals surface area contributed by atoms with Gasteiger partial charge in [0.25, 0.3) is 0 Å². The van der Waals surface area contributed by atoms with Crippen LogP contribution in [0.1, 0.15) is 29.2 Å². The number of aromatic nitrogens is 1. The van der Waals surface area contributed by atoms with Gasteiger partial charge in [-0.3, -0.25) is 0 Å². The van der Waals surface area contributed by atoms with E-state index in [9.17, 15) is 9.90 Å².